The van der Waals surface area contributed by atoms with E-state index in [1.54, 1.807) is 10.5 Å². The van der Waals surface area contributed by atoms with Crippen molar-refractivity contribution < 1.29 is 9.13 Å². The van der Waals surface area contributed by atoms with Gasteiger partial charge in [-0.05, 0) is 38.1 Å². The van der Waals surface area contributed by atoms with Crippen LogP contribution in [0.1, 0.15) is 12.5 Å². The summed E-state index contributed by atoms with van der Waals surface area (Å²) in [5.74, 6) is 0.512. The number of fused-ring (bicyclic) bond motifs is 1. The summed E-state index contributed by atoms with van der Waals surface area (Å²) in [5.41, 5.74) is 3.55. The van der Waals surface area contributed by atoms with Gasteiger partial charge >= 0.3 is 0 Å². The van der Waals surface area contributed by atoms with Crippen LogP contribution in [0.5, 0.6) is 5.75 Å². The molecule has 2 aromatic heterocycles. The molecule has 0 aliphatic carbocycles. The monoisotopic (exact) mass is 270 g/mol. The predicted molar refractivity (Wildman–Crippen MR) is 76.5 cm³/mol. The minimum atomic E-state index is -0.282. The largest absolute Gasteiger partial charge is 0.493 e. The lowest BCUT2D eigenvalue weighted by atomic mass is 10.1. The maximum Gasteiger partial charge on any atom is 0.139 e. The van der Waals surface area contributed by atoms with Gasteiger partial charge < -0.3 is 9.14 Å². The molecular formula is C16H15FN2O. The summed E-state index contributed by atoms with van der Waals surface area (Å²) < 4.78 is 20.6. The summed E-state index contributed by atoms with van der Waals surface area (Å²) >= 11 is 0. The maximum atomic E-state index is 13.2. The molecule has 0 bridgehead atoms. The first-order chi connectivity index (χ1) is 9.67. The van der Waals surface area contributed by atoms with Gasteiger partial charge in [0, 0.05) is 18.0 Å². The second kappa shape index (κ2) is 4.96. The lowest BCUT2D eigenvalue weighted by molar-refractivity contribution is 0.341. The van der Waals surface area contributed by atoms with Crippen LogP contribution in [0.3, 0.4) is 0 Å². The van der Waals surface area contributed by atoms with E-state index in [1.165, 1.54) is 12.3 Å². The second-order valence-corrected chi connectivity index (χ2v) is 4.67. The third-order valence-corrected chi connectivity index (χ3v) is 3.13. The van der Waals surface area contributed by atoms with Gasteiger partial charge in [0.1, 0.15) is 17.2 Å². The van der Waals surface area contributed by atoms with Crippen molar-refractivity contribution >= 4 is 5.65 Å². The number of rotatable bonds is 3. The number of imidazole rings is 1. The number of pyridine rings is 1. The zero-order chi connectivity index (χ0) is 14.1. The molecule has 0 saturated carbocycles. The number of halogens is 1. The van der Waals surface area contributed by atoms with Gasteiger partial charge in [-0.25, -0.2) is 9.37 Å². The molecule has 3 nitrogen and oxygen atoms in total. The van der Waals surface area contributed by atoms with Gasteiger partial charge in [0.2, 0.25) is 0 Å². The van der Waals surface area contributed by atoms with Gasteiger partial charge in [0.05, 0.1) is 12.3 Å². The lowest BCUT2D eigenvalue weighted by Crippen LogP contribution is -1.94. The molecule has 0 atom stereocenters. The van der Waals surface area contributed by atoms with E-state index in [9.17, 15) is 4.39 Å². The Hall–Kier alpha value is -2.36. The molecule has 20 heavy (non-hydrogen) atoms. The molecule has 0 aliphatic rings. The first-order valence-electron chi connectivity index (χ1n) is 6.55. The summed E-state index contributed by atoms with van der Waals surface area (Å²) in [7, 11) is 0. The van der Waals surface area contributed by atoms with Crippen LogP contribution in [0.2, 0.25) is 0 Å². The van der Waals surface area contributed by atoms with E-state index in [-0.39, 0.29) is 5.82 Å². The minimum Gasteiger partial charge on any atom is -0.493 e. The fraction of sp³-hybridized carbons (Fsp3) is 0.188. The van der Waals surface area contributed by atoms with Crippen molar-refractivity contribution in [1.82, 2.24) is 9.38 Å². The average molecular weight is 270 g/mol. The summed E-state index contributed by atoms with van der Waals surface area (Å²) in [4.78, 5) is 4.52. The number of ether oxygens (including phenoxy) is 1. The van der Waals surface area contributed by atoms with Gasteiger partial charge in [-0.3, -0.25) is 0 Å². The highest BCUT2D eigenvalue weighted by molar-refractivity contribution is 5.70. The minimum absolute atomic E-state index is 0.282. The number of benzene rings is 1. The van der Waals surface area contributed by atoms with Crippen molar-refractivity contribution in [2.75, 3.05) is 6.61 Å². The molecule has 1 aromatic carbocycles. The molecule has 0 fully saturated rings. The molecule has 102 valence electrons. The zero-order valence-electron chi connectivity index (χ0n) is 11.4. The third kappa shape index (κ3) is 2.25. The van der Waals surface area contributed by atoms with Gasteiger partial charge in [-0.1, -0.05) is 11.6 Å². The molecule has 0 amide bonds. The number of hydrogen-bond acceptors (Lipinski definition) is 2. The van der Waals surface area contributed by atoms with E-state index in [4.69, 9.17) is 4.74 Å². The maximum absolute atomic E-state index is 13.2. The predicted octanol–water partition coefficient (Wildman–Crippen LogP) is 3.85. The van der Waals surface area contributed by atoms with Gasteiger partial charge in [0.15, 0.2) is 0 Å². The smallest absolute Gasteiger partial charge is 0.139 e. The van der Waals surface area contributed by atoms with Crippen molar-refractivity contribution in [1.29, 1.82) is 0 Å². The van der Waals surface area contributed by atoms with Crippen LogP contribution in [0, 0.1) is 12.7 Å². The van der Waals surface area contributed by atoms with Crippen LogP contribution in [-0.2, 0) is 0 Å². The highest BCUT2D eigenvalue weighted by Crippen LogP contribution is 2.30. The summed E-state index contributed by atoms with van der Waals surface area (Å²) in [6.45, 7) is 4.56. The topological polar surface area (TPSA) is 26.5 Å². The number of aromatic nitrogens is 2. The van der Waals surface area contributed by atoms with Gasteiger partial charge in [-0.2, -0.15) is 0 Å². The van der Waals surface area contributed by atoms with Crippen LogP contribution >= 0.6 is 0 Å². The highest BCUT2D eigenvalue weighted by atomic mass is 19.1. The van der Waals surface area contributed by atoms with Crippen LogP contribution in [-0.4, -0.2) is 16.0 Å². The Morgan fingerprint density at radius 1 is 1.20 bits per heavy atom. The van der Waals surface area contributed by atoms with E-state index in [1.807, 2.05) is 38.2 Å². The number of nitrogens with zero attached hydrogens (tertiary/aromatic N) is 2. The molecule has 3 aromatic rings. The van der Waals surface area contributed by atoms with Crippen molar-refractivity contribution in [2.24, 2.45) is 0 Å². The average Bonchev–Trinajstić information content (AvgIpc) is 2.83. The summed E-state index contributed by atoms with van der Waals surface area (Å²) in [6, 6.07) is 9.05. The van der Waals surface area contributed by atoms with Crippen molar-refractivity contribution in [3.8, 4) is 17.0 Å². The Bertz CT molecular complexity index is 764. The standard InChI is InChI=1S/C16H15FN2O/c1-3-20-15-6-4-11(2)8-13(15)14-10-19-9-12(17)5-7-16(19)18-14/h4-10H,3H2,1-2H3. The molecule has 0 saturated heterocycles. The van der Waals surface area contributed by atoms with E-state index < -0.39 is 0 Å². The Morgan fingerprint density at radius 2 is 2.05 bits per heavy atom. The Kier molecular flexibility index (Phi) is 3.14. The Labute approximate surface area is 116 Å². The normalized spacial score (nSPS) is 10.9. The van der Waals surface area contributed by atoms with Crippen LogP contribution in [0.15, 0.2) is 42.7 Å². The Balaban J connectivity index is 2.16. The highest BCUT2D eigenvalue weighted by Gasteiger charge is 2.11. The zero-order valence-corrected chi connectivity index (χ0v) is 11.4. The molecule has 0 N–H and O–H groups in total. The molecule has 0 spiro atoms. The Morgan fingerprint density at radius 3 is 2.85 bits per heavy atom. The quantitative estimate of drug-likeness (QED) is 0.722. The van der Waals surface area contributed by atoms with Gasteiger partial charge in [0.25, 0.3) is 0 Å². The van der Waals surface area contributed by atoms with Crippen molar-refractivity contribution in [2.45, 2.75) is 13.8 Å². The number of hydrogen-bond donors (Lipinski definition) is 0. The molecule has 0 radical (unpaired) electrons. The molecule has 4 heteroatoms. The van der Waals surface area contributed by atoms with Crippen LogP contribution in [0.25, 0.3) is 16.9 Å². The van der Waals surface area contributed by atoms with E-state index >= 15 is 0 Å². The van der Waals surface area contributed by atoms with Crippen LogP contribution < -0.4 is 4.74 Å². The first kappa shape index (κ1) is 12.7. The molecule has 0 aliphatic heterocycles. The lowest BCUT2D eigenvalue weighted by Gasteiger charge is -2.08. The van der Waals surface area contributed by atoms with Crippen molar-refractivity contribution in [3.05, 3.63) is 54.1 Å². The molecule has 3 rings (SSSR count). The molecule has 2 heterocycles. The fourth-order valence-electron chi connectivity index (χ4n) is 2.22. The SMILES string of the molecule is CCOc1ccc(C)cc1-c1cn2cc(F)ccc2n1. The van der Waals surface area contributed by atoms with E-state index in [0.29, 0.717) is 12.3 Å². The fourth-order valence-corrected chi connectivity index (χ4v) is 2.22. The van der Waals surface area contributed by atoms with Crippen LogP contribution in [0.4, 0.5) is 4.39 Å². The second-order valence-electron chi connectivity index (χ2n) is 4.67. The summed E-state index contributed by atoms with van der Waals surface area (Å²) in [5, 5.41) is 0. The number of aryl methyl sites for hydroxylation is 1. The first-order valence-corrected chi connectivity index (χ1v) is 6.55. The van der Waals surface area contributed by atoms with Crippen molar-refractivity contribution in [3.63, 3.8) is 0 Å². The summed E-state index contributed by atoms with van der Waals surface area (Å²) in [6.07, 6.45) is 3.23. The molecule has 0 unspecified atom stereocenters. The van der Waals surface area contributed by atoms with E-state index in [2.05, 4.69) is 4.98 Å². The van der Waals surface area contributed by atoms with Gasteiger partial charge in [-0.15, -0.1) is 0 Å². The van der Waals surface area contributed by atoms with E-state index in [0.717, 1.165) is 22.6 Å². The molecular weight excluding hydrogens is 255 g/mol. The third-order valence-electron chi connectivity index (χ3n) is 3.13.